The van der Waals surface area contributed by atoms with Gasteiger partial charge in [0.15, 0.2) is 0 Å². The summed E-state index contributed by atoms with van der Waals surface area (Å²) in [4.78, 5) is 0.228. The summed E-state index contributed by atoms with van der Waals surface area (Å²) in [5, 5.41) is 3.37. The molecular formula is C13H9BrClFN2S. The lowest BCUT2D eigenvalue weighted by Crippen LogP contribution is -2.10. The summed E-state index contributed by atoms with van der Waals surface area (Å²) in [7, 11) is 0. The molecule has 6 heteroatoms. The Balaban J connectivity index is 2.29. The molecule has 2 aromatic rings. The van der Waals surface area contributed by atoms with Crippen molar-refractivity contribution in [3.05, 3.63) is 57.3 Å². The average Bonchev–Trinajstić information content (AvgIpc) is 2.32. The Kier molecular flexibility index (Phi) is 4.39. The SMILES string of the molecule is NC(=S)c1ccc(Nc2ccc(Br)cc2F)cc1Cl. The van der Waals surface area contributed by atoms with Gasteiger partial charge in [0.2, 0.25) is 0 Å². The van der Waals surface area contributed by atoms with Crippen LogP contribution < -0.4 is 11.1 Å². The van der Waals surface area contributed by atoms with Crippen molar-refractivity contribution in [3.8, 4) is 0 Å². The average molecular weight is 360 g/mol. The summed E-state index contributed by atoms with van der Waals surface area (Å²) < 4.78 is 14.4. The maximum atomic E-state index is 13.7. The Morgan fingerprint density at radius 1 is 1.26 bits per heavy atom. The summed E-state index contributed by atoms with van der Waals surface area (Å²) in [5.41, 5.74) is 7.14. The highest BCUT2D eigenvalue weighted by atomic mass is 79.9. The molecule has 98 valence electrons. The van der Waals surface area contributed by atoms with Crippen LogP contribution in [0.15, 0.2) is 40.9 Å². The first kappa shape index (κ1) is 14.2. The molecule has 0 aliphatic rings. The zero-order chi connectivity index (χ0) is 14.0. The molecule has 0 aliphatic heterocycles. The van der Waals surface area contributed by atoms with Gasteiger partial charge in [-0.2, -0.15) is 0 Å². The number of hydrogen-bond donors (Lipinski definition) is 2. The molecule has 19 heavy (non-hydrogen) atoms. The molecule has 0 saturated heterocycles. The topological polar surface area (TPSA) is 38.0 Å². The van der Waals surface area contributed by atoms with E-state index in [0.717, 1.165) is 0 Å². The smallest absolute Gasteiger partial charge is 0.147 e. The van der Waals surface area contributed by atoms with Gasteiger partial charge in [-0.15, -0.1) is 0 Å². The van der Waals surface area contributed by atoms with E-state index in [1.54, 1.807) is 30.3 Å². The van der Waals surface area contributed by atoms with Crippen LogP contribution in [0.25, 0.3) is 0 Å². The van der Waals surface area contributed by atoms with Gasteiger partial charge in [0, 0.05) is 15.7 Å². The van der Waals surface area contributed by atoms with Crippen molar-refractivity contribution < 1.29 is 4.39 Å². The van der Waals surface area contributed by atoms with Crippen LogP contribution in [0.4, 0.5) is 15.8 Å². The Morgan fingerprint density at radius 2 is 2.00 bits per heavy atom. The fraction of sp³-hybridized carbons (Fsp3) is 0. The minimum atomic E-state index is -0.357. The molecule has 0 unspecified atom stereocenters. The normalized spacial score (nSPS) is 10.3. The van der Waals surface area contributed by atoms with E-state index in [0.29, 0.717) is 26.4 Å². The van der Waals surface area contributed by atoms with E-state index in [2.05, 4.69) is 21.2 Å². The minimum Gasteiger partial charge on any atom is -0.389 e. The van der Waals surface area contributed by atoms with Crippen LogP contribution in [0.2, 0.25) is 5.02 Å². The summed E-state index contributed by atoms with van der Waals surface area (Å²) in [6.07, 6.45) is 0. The fourth-order valence-corrected chi connectivity index (χ4v) is 2.39. The Labute approximate surface area is 128 Å². The van der Waals surface area contributed by atoms with E-state index in [1.807, 2.05) is 0 Å². The summed E-state index contributed by atoms with van der Waals surface area (Å²) in [6.45, 7) is 0. The van der Waals surface area contributed by atoms with Crippen molar-refractivity contribution in [1.29, 1.82) is 0 Å². The number of nitrogens with two attached hydrogens (primary N) is 1. The van der Waals surface area contributed by atoms with Crippen LogP contribution >= 0.6 is 39.7 Å². The molecule has 2 nitrogen and oxygen atoms in total. The first-order valence-corrected chi connectivity index (χ1v) is 6.87. The number of halogens is 3. The highest BCUT2D eigenvalue weighted by Gasteiger charge is 2.07. The zero-order valence-electron chi connectivity index (χ0n) is 9.58. The highest BCUT2D eigenvalue weighted by molar-refractivity contribution is 9.10. The lowest BCUT2D eigenvalue weighted by atomic mass is 10.2. The van der Waals surface area contributed by atoms with Crippen LogP contribution in [0.3, 0.4) is 0 Å². The molecule has 0 heterocycles. The maximum Gasteiger partial charge on any atom is 0.147 e. The molecule has 0 atom stereocenters. The molecule has 0 aliphatic carbocycles. The van der Waals surface area contributed by atoms with Crippen LogP contribution in [0.5, 0.6) is 0 Å². The second-order valence-corrected chi connectivity index (χ2v) is 5.57. The molecule has 0 saturated carbocycles. The molecule has 0 aromatic heterocycles. The predicted molar refractivity (Wildman–Crippen MR) is 84.7 cm³/mol. The van der Waals surface area contributed by atoms with Gasteiger partial charge in [-0.05, 0) is 36.4 Å². The first-order chi connectivity index (χ1) is 8.97. The van der Waals surface area contributed by atoms with E-state index in [1.165, 1.54) is 6.07 Å². The summed E-state index contributed by atoms with van der Waals surface area (Å²) in [6, 6.07) is 9.85. The lowest BCUT2D eigenvalue weighted by molar-refractivity contribution is 0.631. The van der Waals surface area contributed by atoms with Gasteiger partial charge in [-0.3, -0.25) is 0 Å². The van der Waals surface area contributed by atoms with E-state index >= 15 is 0 Å². The monoisotopic (exact) mass is 358 g/mol. The second-order valence-electron chi connectivity index (χ2n) is 3.81. The number of thiocarbonyl (C=S) groups is 1. The molecule has 0 fully saturated rings. The van der Waals surface area contributed by atoms with Crippen LogP contribution in [0.1, 0.15) is 5.56 Å². The van der Waals surface area contributed by atoms with Crippen molar-refractivity contribution in [2.45, 2.75) is 0 Å². The van der Waals surface area contributed by atoms with Gasteiger partial charge >= 0.3 is 0 Å². The van der Waals surface area contributed by atoms with Gasteiger partial charge in [-0.1, -0.05) is 39.7 Å². The fourth-order valence-electron chi connectivity index (χ4n) is 1.54. The Bertz CT molecular complexity index is 649. The van der Waals surface area contributed by atoms with Crippen LogP contribution in [-0.2, 0) is 0 Å². The third-order valence-corrected chi connectivity index (χ3v) is 3.47. The van der Waals surface area contributed by atoms with Crippen LogP contribution in [-0.4, -0.2) is 4.99 Å². The van der Waals surface area contributed by atoms with Crippen molar-refractivity contribution in [2.24, 2.45) is 5.73 Å². The maximum absolute atomic E-state index is 13.7. The van der Waals surface area contributed by atoms with Crippen molar-refractivity contribution >= 4 is 56.1 Å². The minimum absolute atomic E-state index is 0.228. The number of hydrogen-bond acceptors (Lipinski definition) is 2. The van der Waals surface area contributed by atoms with Gasteiger partial charge in [0.25, 0.3) is 0 Å². The van der Waals surface area contributed by atoms with Crippen molar-refractivity contribution in [1.82, 2.24) is 0 Å². The van der Waals surface area contributed by atoms with Gasteiger partial charge in [0.05, 0.1) is 10.7 Å². The van der Waals surface area contributed by atoms with Crippen molar-refractivity contribution in [2.75, 3.05) is 5.32 Å². The molecule has 0 spiro atoms. The molecular weight excluding hydrogens is 351 g/mol. The van der Waals surface area contributed by atoms with E-state index in [4.69, 9.17) is 29.6 Å². The molecule has 2 rings (SSSR count). The number of anilines is 2. The second kappa shape index (κ2) is 5.86. The third-order valence-electron chi connectivity index (χ3n) is 2.44. The molecule has 0 amide bonds. The standard InChI is InChI=1S/C13H9BrClFN2S/c14-7-1-4-12(11(16)5-7)18-8-2-3-9(13(17)19)10(15)6-8/h1-6,18H,(H2,17,19). The van der Waals surface area contributed by atoms with Gasteiger partial charge in [-0.25, -0.2) is 4.39 Å². The molecule has 2 aromatic carbocycles. The van der Waals surface area contributed by atoms with Crippen LogP contribution in [0, 0.1) is 5.82 Å². The quantitative estimate of drug-likeness (QED) is 0.785. The Hall–Kier alpha value is -1.17. The molecule has 0 radical (unpaired) electrons. The summed E-state index contributed by atoms with van der Waals surface area (Å²) >= 11 is 14.1. The van der Waals surface area contributed by atoms with Crippen molar-refractivity contribution in [3.63, 3.8) is 0 Å². The van der Waals surface area contributed by atoms with E-state index in [-0.39, 0.29) is 10.8 Å². The summed E-state index contributed by atoms with van der Waals surface area (Å²) in [5.74, 6) is -0.357. The van der Waals surface area contributed by atoms with E-state index < -0.39 is 0 Å². The zero-order valence-corrected chi connectivity index (χ0v) is 12.7. The number of nitrogens with one attached hydrogen (secondary N) is 1. The molecule has 3 N–H and O–H groups in total. The predicted octanol–water partition coefficient (Wildman–Crippen LogP) is 4.62. The lowest BCUT2D eigenvalue weighted by Gasteiger charge is -2.10. The largest absolute Gasteiger partial charge is 0.389 e. The first-order valence-electron chi connectivity index (χ1n) is 5.29. The Morgan fingerprint density at radius 3 is 2.58 bits per heavy atom. The third kappa shape index (κ3) is 3.43. The number of benzene rings is 2. The molecule has 0 bridgehead atoms. The highest BCUT2D eigenvalue weighted by Crippen LogP contribution is 2.26. The van der Waals surface area contributed by atoms with E-state index in [9.17, 15) is 4.39 Å². The van der Waals surface area contributed by atoms with Gasteiger partial charge in [0.1, 0.15) is 10.8 Å². The van der Waals surface area contributed by atoms with Gasteiger partial charge < -0.3 is 11.1 Å². The number of rotatable bonds is 3.